The lowest BCUT2D eigenvalue weighted by Gasteiger charge is -2.31. The van der Waals surface area contributed by atoms with Crippen molar-refractivity contribution in [1.82, 2.24) is 10.2 Å². The van der Waals surface area contributed by atoms with Crippen LogP contribution >= 0.6 is 0 Å². The zero-order valence-corrected chi connectivity index (χ0v) is 21.6. The molecule has 2 unspecified atom stereocenters. The summed E-state index contributed by atoms with van der Waals surface area (Å²) in [6.07, 6.45) is 6.67. The number of carbonyl (C=O) groups excluding carboxylic acids is 1. The van der Waals surface area contributed by atoms with Gasteiger partial charge >= 0.3 is 0 Å². The van der Waals surface area contributed by atoms with Gasteiger partial charge in [-0.1, -0.05) is 55.1 Å². The lowest BCUT2D eigenvalue weighted by molar-refractivity contribution is -0.127. The Morgan fingerprint density at radius 1 is 1.03 bits per heavy atom. The monoisotopic (exact) mass is 510 g/mol. The van der Waals surface area contributed by atoms with E-state index >= 15 is 0 Å². The summed E-state index contributed by atoms with van der Waals surface area (Å²) in [6, 6.07) is 22.9. The number of nitrogens with zero attached hydrogens (tertiary/aromatic N) is 1. The molecule has 1 saturated carbocycles. The number of anilines is 2. The Balaban J connectivity index is 1.04. The molecule has 5 nitrogen and oxygen atoms in total. The highest BCUT2D eigenvalue weighted by Crippen LogP contribution is 2.41. The van der Waals surface area contributed by atoms with Gasteiger partial charge in [0.2, 0.25) is 5.91 Å². The summed E-state index contributed by atoms with van der Waals surface area (Å²) in [5.74, 6) is 0.953. The first kappa shape index (κ1) is 25.7. The molecule has 1 heterocycles. The maximum Gasteiger partial charge on any atom is 0.246 e. The zero-order valence-electron chi connectivity index (χ0n) is 21.6. The molecule has 0 spiro atoms. The third kappa shape index (κ3) is 6.50. The van der Waals surface area contributed by atoms with Crippen LogP contribution in [0.25, 0.3) is 11.8 Å². The van der Waals surface area contributed by atoms with E-state index in [9.17, 15) is 9.18 Å². The summed E-state index contributed by atoms with van der Waals surface area (Å²) in [5, 5.41) is 6.94. The van der Waals surface area contributed by atoms with Gasteiger partial charge in [-0.05, 0) is 78.8 Å². The number of likely N-dealkylation sites (tertiary alicyclic amines) is 1. The van der Waals surface area contributed by atoms with Gasteiger partial charge in [-0.3, -0.25) is 4.79 Å². The molecule has 3 aromatic carbocycles. The first-order valence-electron chi connectivity index (χ1n) is 13.3. The van der Waals surface area contributed by atoms with Gasteiger partial charge in [0.05, 0.1) is 11.4 Å². The second-order valence-corrected chi connectivity index (χ2v) is 10.3. The van der Waals surface area contributed by atoms with Crippen LogP contribution in [0.15, 0.2) is 85.5 Å². The fourth-order valence-electron chi connectivity index (χ4n) is 5.09. The van der Waals surface area contributed by atoms with Crippen molar-refractivity contribution in [2.75, 3.05) is 30.7 Å². The van der Waals surface area contributed by atoms with E-state index in [0.717, 1.165) is 61.4 Å². The number of nitrogen functional groups attached to an aromatic ring is 1. The molecule has 1 amide bonds. The van der Waals surface area contributed by atoms with Crippen LogP contribution in [0, 0.1) is 11.7 Å². The van der Waals surface area contributed by atoms with Gasteiger partial charge in [-0.15, -0.1) is 0 Å². The molecule has 0 bridgehead atoms. The van der Waals surface area contributed by atoms with Gasteiger partial charge < -0.3 is 21.3 Å². The lowest BCUT2D eigenvalue weighted by atomic mass is 9.96. The number of benzene rings is 3. The first-order valence-corrected chi connectivity index (χ1v) is 13.3. The maximum absolute atomic E-state index is 13.1. The minimum absolute atomic E-state index is 0.0599. The van der Waals surface area contributed by atoms with Crippen molar-refractivity contribution >= 4 is 29.1 Å². The van der Waals surface area contributed by atoms with Crippen LogP contribution in [0.3, 0.4) is 0 Å². The molecular formula is C32H35FN4O. The van der Waals surface area contributed by atoms with Crippen LogP contribution in [-0.2, 0) is 4.79 Å². The number of nitrogens with two attached hydrogens (primary N) is 1. The van der Waals surface area contributed by atoms with E-state index in [1.54, 1.807) is 18.2 Å². The molecule has 38 heavy (non-hydrogen) atoms. The first-order chi connectivity index (χ1) is 18.5. The van der Waals surface area contributed by atoms with Crippen molar-refractivity contribution in [1.29, 1.82) is 0 Å². The van der Waals surface area contributed by atoms with Crippen molar-refractivity contribution in [3.63, 3.8) is 0 Å². The lowest BCUT2D eigenvalue weighted by Crippen LogP contribution is -2.40. The van der Waals surface area contributed by atoms with E-state index in [1.165, 1.54) is 5.56 Å². The quantitative estimate of drug-likeness (QED) is 0.248. The molecule has 0 aromatic heterocycles. The molecule has 6 heteroatoms. The van der Waals surface area contributed by atoms with Crippen molar-refractivity contribution < 1.29 is 9.18 Å². The summed E-state index contributed by atoms with van der Waals surface area (Å²) in [6.45, 7) is 6.67. The molecule has 5 rings (SSSR count). The number of piperidine rings is 1. The Morgan fingerprint density at radius 3 is 2.45 bits per heavy atom. The van der Waals surface area contributed by atoms with Crippen LogP contribution in [-0.4, -0.2) is 36.5 Å². The fourth-order valence-corrected chi connectivity index (χ4v) is 5.09. The summed E-state index contributed by atoms with van der Waals surface area (Å²) in [4.78, 5) is 14.7. The van der Waals surface area contributed by atoms with Gasteiger partial charge in [0.15, 0.2) is 0 Å². The highest BCUT2D eigenvalue weighted by atomic mass is 19.1. The molecule has 1 aliphatic carbocycles. The predicted molar refractivity (Wildman–Crippen MR) is 154 cm³/mol. The third-order valence-corrected chi connectivity index (χ3v) is 7.61. The normalized spacial score (nSPS) is 19.4. The van der Waals surface area contributed by atoms with Crippen LogP contribution in [0.5, 0.6) is 0 Å². The van der Waals surface area contributed by atoms with Gasteiger partial charge in [0.25, 0.3) is 0 Å². The SMILES string of the molecule is C=C(Nc1ccccc1N)c1ccc(/C=C/C(=O)N2CCC(CNC3CC3c3ccc(F)cc3)CC2)cc1. The minimum Gasteiger partial charge on any atom is -0.397 e. The van der Waals surface area contributed by atoms with Gasteiger partial charge in [0, 0.05) is 36.8 Å². The van der Waals surface area contributed by atoms with Crippen LogP contribution in [0.2, 0.25) is 0 Å². The minimum atomic E-state index is -0.183. The number of rotatable bonds is 9. The van der Waals surface area contributed by atoms with Gasteiger partial charge in [0.1, 0.15) is 5.82 Å². The molecule has 4 N–H and O–H groups in total. The second kappa shape index (κ2) is 11.7. The number of para-hydroxylation sites is 2. The predicted octanol–water partition coefficient (Wildman–Crippen LogP) is 5.89. The molecule has 1 aliphatic heterocycles. The summed E-state index contributed by atoms with van der Waals surface area (Å²) in [5.41, 5.74) is 11.4. The van der Waals surface area contributed by atoms with Gasteiger partial charge in [-0.2, -0.15) is 0 Å². The number of nitrogens with one attached hydrogen (secondary N) is 2. The van der Waals surface area contributed by atoms with Crippen molar-refractivity contribution in [2.45, 2.75) is 31.2 Å². The van der Waals surface area contributed by atoms with Crippen molar-refractivity contribution in [3.05, 3.63) is 108 Å². The Labute approximate surface area is 224 Å². The van der Waals surface area contributed by atoms with Crippen LogP contribution < -0.4 is 16.4 Å². The van der Waals surface area contributed by atoms with Gasteiger partial charge in [-0.25, -0.2) is 4.39 Å². The van der Waals surface area contributed by atoms with E-state index in [0.29, 0.717) is 23.6 Å². The maximum atomic E-state index is 13.1. The van der Waals surface area contributed by atoms with E-state index in [1.807, 2.05) is 71.6 Å². The fraction of sp³-hybridized carbons (Fsp3) is 0.281. The number of halogens is 1. The van der Waals surface area contributed by atoms with Crippen LogP contribution in [0.4, 0.5) is 15.8 Å². The van der Waals surface area contributed by atoms with Crippen molar-refractivity contribution in [3.8, 4) is 0 Å². The number of amides is 1. The Bertz CT molecular complexity index is 1290. The van der Waals surface area contributed by atoms with E-state index in [2.05, 4.69) is 17.2 Å². The number of carbonyl (C=O) groups is 1. The summed E-state index contributed by atoms with van der Waals surface area (Å²) in [7, 11) is 0. The Kier molecular flexibility index (Phi) is 7.89. The Morgan fingerprint density at radius 2 is 1.74 bits per heavy atom. The van der Waals surface area contributed by atoms with E-state index in [-0.39, 0.29) is 11.7 Å². The average Bonchev–Trinajstić information content (AvgIpc) is 3.72. The highest BCUT2D eigenvalue weighted by Gasteiger charge is 2.38. The molecular weight excluding hydrogens is 475 g/mol. The number of hydrogen-bond donors (Lipinski definition) is 3. The largest absolute Gasteiger partial charge is 0.397 e. The Hall–Kier alpha value is -3.90. The van der Waals surface area contributed by atoms with E-state index < -0.39 is 0 Å². The highest BCUT2D eigenvalue weighted by molar-refractivity contribution is 5.92. The topological polar surface area (TPSA) is 70.4 Å². The molecule has 2 fully saturated rings. The molecule has 196 valence electrons. The molecule has 2 aliphatic rings. The van der Waals surface area contributed by atoms with E-state index in [4.69, 9.17) is 5.73 Å². The zero-order chi connectivity index (χ0) is 26.5. The standard InChI is InChI=1S/C32H35FN4O/c1-22(36-30-5-3-2-4-29(30)34)25-9-6-23(7-10-25)8-15-32(38)37-18-16-24(17-19-37)21-35-31-20-28(31)26-11-13-27(33)14-12-26/h2-15,24,28,31,35-36H,1,16-21,34H2/b15-8+. The molecule has 3 aromatic rings. The third-order valence-electron chi connectivity index (χ3n) is 7.61. The van der Waals surface area contributed by atoms with Crippen LogP contribution in [0.1, 0.15) is 41.9 Å². The summed E-state index contributed by atoms with van der Waals surface area (Å²) >= 11 is 0. The molecule has 1 saturated heterocycles. The smallest absolute Gasteiger partial charge is 0.246 e. The molecule has 2 atom stereocenters. The summed E-state index contributed by atoms with van der Waals surface area (Å²) < 4.78 is 13.1. The number of hydrogen-bond acceptors (Lipinski definition) is 4. The van der Waals surface area contributed by atoms with Crippen molar-refractivity contribution in [2.24, 2.45) is 5.92 Å². The second-order valence-electron chi connectivity index (χ2n) is 10.3. The molecule has 0 radical (unpaired) electrons. The average molecular weight is 511 g/mol.